The second-order valence-electron chi connectivity index (χ2n) is 5.52. The summed E-state index contributed by atoms with van der Waals surface area (Å²) < 4.78 is 10.3. The summed E-state index contributed by atoms with van der Waals surface area (Å²) in [5.41, 5.74) is 1.58. The Morgan fingerprint density at radius 1 is 1.35 bits per heavy atom. The molecule has 0 fully saturated rings. The van der Waals surface area contributed by atoms with E-state index < -0.39 is 0 Å². The number of hydrogen-bond acceptors (Lipinski definition) is 5. The third kappa shape index (κ3) is 3.92. The number of carbonyl (C=O) groups excluding carboxylic acids is 1. The Bertz CT molecular complexity index is 971. The number of ether oxygens (including phenoxy) is 1. The first kappa shape index (κ1) is 18.9. The van der Waals surface area contributed by atoms with E-state index in [1.54, 1.807) is 28.7 Å². The zero-order valence-electron chi connectivity index (χ0n) is 15.1. The summed E-state index contributed by atoms with van der Waals surface area (Å²) in [5, 5.41) is 4.16. The van der Waals surface area contributed by atoms with Crippen molar-refractivity contribution in [3.05, 3.63) is 41.0 Å². The van der Waals surface area contributed by atoms with Gasteiger partial charge in [-0.2, -0.15) is 10.1 Å². The number of benzene rings is 1. The molecule has 26 heavy (non-hydrogen) atoms. The van der Waals surface area contributed by atoms with Crippen LogP contribution in [0.15, 0.2) is 40.4 Å². The molecule has 0 saturated heterocycles. The van der Waals surface area contributed by atoms with E-state index in [1.807, 2.05) is 13.8 Å². The van der Waals surface area contributed by atoms with Gasteiger partial charge < -0.3 is 9.30 Å². The number of rotatable bonds is 7. The Hall–Kier alpha value is -1.90. The maximum absolute atomic E-state index is 12.7. The molecule has 8 heteroatoms. The highest BCUT2D eigenvalue weighted by Crippen LogP contribution is 2.24. The van der Waals surface area contributed by atoms with Crippen molar-refractivity contribution in [2.75, 3.05) is 19.5 Å². The lowest BCUT2D eigenvalue weighted by Crippen LogP contribution is -2.20. The lowest BCUT2D eigenvalue weighted by atomic mass is 10.3. The number of fused-ring (bicyclic) bond motifs is 1. The van der Waals surface area contributed by atoms with Gasteiger partial charge >= 0.3 is 0 Å². The summed E-state index contributed by atoms with van der Waals surface area (Å²) >= 11 is 3.23. The first-order valence-corrected chi connectivity index (χ1v) is 10.6. The lowest BCUT2D eigenvalue weighted by Gasteiger charge is -2.06. The summed E-state index contributed by atoms with van der Waals surface area (Å²) in [5.74, 6) is -0.272. The molecule has 1 aromatic carbocycles. The number of aromatic nitrogens is 3. The van der Waals surface area contributed by atoms with E-state index in [2.05, 4.69) is 39.1 Å². The Labute approximate surface area is 160 Å². The predicted octanol–water partition coefficient (Wildman–Crippen LogP) is 3.42. The number of carbonyl (C=O) groups is 1. The van der Waals surface area contributed by atoms with Gasteiger partial charge in [-0.25, -0.2) is 0 Å². The van der Waals surface area contributed by atoms with Crippen LogP contribution in [0.3, 0.4) is 0 Å². The molecule has 0 aliphatic carbocycles. The van der Waals surface area contributed by atoms with Crippen LogP contribution in [0.5, 0.6) is 0 Å². The smallest absolute Gasteiger partial charge is 0.297 e. The molecule has 0 saturated carbocycles. The van der Waals surface area contributed by atoms with Gasteiger partial charge in [-0.05, 0) is 44.4 Å². The van der Waals surface area contributed by atoms with Gasteiger partial charge in [-0.3, -0.25) is 9.48 Å². The zero-order chi connectivity index (χ0) is 18.5. The summed E-state index contributed by atoms with van der Waals surface area (Å²) in [6.07, 6.45) is 3.68. The van der Waals surface area contributed by atoms with Gasteiger partial charge in [0.25, 0.3) is 5.91 Å². The summed E-state index contributed by atoms with van der Waals surface area (Å²) in [4.78, 5) is 18.9. The van der Waals surface area contributed by atoms with Crippen LogP contribution >= 0.6 is 23.1 Å². The normalized spacial score (nSPS) is 12.2. The van der Waals surface area contributed by atoms with Crippen molar-refractivity contribution >= 4 is 39.2 Å². The van der Waals surface area contributed by atoms with Gasteiger partial charge in [-0.15, -0.1) is 11.8 Å². The first-order chi connectivity index (χ1) is 12.7. The van der Waals surface area contributed by atoms with E-state index in [0.717, 1.165) is 10.2 Å². The molecule has 6 nitrogen and oxygen atoms in total. The van der Waals surface area contributed by atoms with E-state index >= 15 is 0 Å². The van der Waals surface area contributed by atoms with Crippen molar-refractivity contribution in [3.63, 3.8) is 0 Å². The van der Waals surface area contributed by atoms with Gasteiger partial charge in [0.2, 0.25) is 0 Å². The van der Waals surface area contributed by atoms with E-state index in [9.17, 15) is 4.79 Å². The second-order valence-corrected chi connectivity index (χ2v) is 7.40. The molecule has 2 heterocycles. The number of thioether (sulfide) groups is 1. The van der Waals surface area contributed by atoms with Crippen molar-refractivity contribution in [1.82, 2.24) is 14.3 Å². The average molecular weight is 391 g/mol. The Balaban J connectivity index is 2.07. The van der Waals surface area contributed by atoms with Crippen LogP contribution in [0, 0.1) is 0 Å². The second kappa shape index (κ2) is 8.66. The Morgan fingerprint density at radius 2 is 2.19 bits per heavy atom. The van der Waals surface area contributed by atoms with Crippen molar-refractivity contribution in [1.29, 1.82) is 0 Å². The van der Waals surface area contributed by atoms with Gasteiger partial charge in [-0.1, -0.05) is 11.3 Å². The fourth-order valence-electron chi connectivity index (χ4n) is 2.69. The molecule has 0 aliphatic rings. The highest BCUT2D eigenvalue weighted by atomic mass is 32.2. The van der Waals surface area contributed by atoms with Crippen molar-refractivity contribution < 1.29 is 9.53 Å². The molecule has 138 valence electrons. The standard InChI is InChI=1S/C18H22N4O2S2/c1-4-22-15(8-9-19-22)17(23)20-18-21(10-11-24-5-2)14-7-6-13(25-3)12-16(14)26-18/h6-9,12H,4-5,10-11H2,1-3H3. The number of hydrogen-bond donors (Lipinski definition) is 0. The molecule has 1 amide bonds. The van der Waals surface area contributed by atoms with E-state index in [4.69, 9.17) is 4.74 Å². The number of nitrogens with zero attached hydrogens (tertiary/aromatic N) is 4. The van der Waals surface area contributed by atoms with Crippen LogP contribution in [-0.2, 0) is 17.8 Å². The molecule has 0 N–H and O–H groups in total. The molecule has 0 spiro atoms. The third-order valence-corrected chi connectivity index (χ3v) is 5.75. The van der Waals surface area contributed by atoms with Gasteiger partial charge in [0.1, 0.15) is 5.69 Å². The van der Waals surface area contributed by atoms with Crippen LogP contribution in [0.25, 0.3) is 10.2 Å². The fourth-order valence-corrected chi connectivity index (χ4v) is 4.30. The number of thiazole rings is 1. The van der Waals surface area contributed by atoms with Crippen molar-refractivity contribution in [2.24, 2.45) is 4.99 Å². The van der Waals surface area contributed by atoms with Crippen LogP contribution < -0.4 is 4.80 Å². The maximum atomic E-state index is 12.7. The summed E-state index contributed by atoms with van der Waals surface area (Å²) in [6, 6.07) is 8.03. The van der Waals surface area contributed by atoms with Crippen molar-refractivity contribution in [3.8, 4) is 0 Å². The molecular weight excluding hydrogens is 368 g/mol. The molecule has 0 aliphatic heterocycles. The highest BCUT2D eigenvalue weighted by Gasteiger charge is 2.13. The number of aryl methyl sites for hydroxylation is 1. The minimum absolute atomic E-state index is 0.272. The van der Waals surface area contributed by atoms with Crippen LogP contribution in [0.4, 0.5) is 0 Å². The van der Waals surface area contributed by atoms with Gasteiger partial charge in [0.15, 0.2) is 4.80 Å². The highest BCUT2D eigenvalue weighted by molar-refractivity contribution is 7.98. The molecule has 0 unspecified atom stereocenters. The molecular formula is C18H22N4O2S2. The number of amides is 1. The maximum Gasteiger partial charge on any atom is 0.297 e. The average Bonchev–Trinajstić information content (AvgIpc) is 3.26. The van der Waals surface area contributed by atoms with E-state index in [1.165, 1.54) is 16.2 Å². The van der Waals surface area contributed by atoms with E-state index in [0.29, 0.717) is 36.8 Å². The minimum atomic E-state index is -0.272. The largest absolute Gasteiger partial charge is 0.380 e. The molecule has 2 aromatic heterocycles. The lowest BCUT2D eigenvalue weighted by molar-refractivity contribution is 0.0986. The van der Waals surface area contributed by atoms with Crippen LogP contribution in [-0.4, -0.2) is 39.7 Å². The molecule has 0 atom stereocenters. The summed E-state index contributed by atoms with van der Waals surface area (Å²) in [7, 11) is 0. The minimum Gasteiger partial charge on any atom is -0.380 e. The summed E-state index contributed by atoms with van der Waals surface area (Å²) in [6.45, 7) is 6.47. The molecule has 3 rings (SSSR count). The van der Waals surface area contributed by atoms with Gasteiger partial charge in [0, 0.05) is 30.8 Å². The molecule has 3 aromatic rings. The quantitative estimate of drug-likeness (QED) is 0.458. The fraction of sp³-hybridized carbons (Fsp3) is 0.389. The van der Waals surface area contributed by atoms with Gasteiger partial charge in [0.05, 0.1) is 16.8 Å². The zero-order valence-corrected chi connectivity index (χ0v) is 16.8. The predicted molar refractivity (Wildman–Crippen MR) is 106 cm³/mol. The van der Waals surface area contributed by atoms with Crippen LogP contribution in [0.1, 0.15) is 24.3 Å². The topological polar surface area (TPSA) is 61.4 Å². The Morgan fingerprint density at radius 3 is 2.92 bits per heavy atom. The molecule has 0 bridgehead atoms. The third-order valence-electron chi connectivity index (χ3n) is 3.99. The Kier molecular flexibility index (Phi) is 6.29. The van der Waals surface area contributed by atoms with E-state index in [-0.39, 0.29) is 5.91 Å². The SMILES string of the molecule is CCOCCn1c(=NC(=O)c2ccnn2CC)sc2cc(SC)ccc21. The first-order valence-electron chi connectivity index (χ1n) is 8.54. The molecule has 0 radical (unpaired) electrons. The monoisotopic (exact) mass is 390 g/mol. The van der Waals surface area contributed by atoms with Crippen LogP contribution in [0.2, 0.25) is 0 Å². The van der Waals surface area contributed by atoms with Crippen molar-refractivity contribution in [2.45, 2.75) is 31.8 Å².